The second-order valence-electron chi connectivity index (χ2n) is 9.21. The van der Waals surface area contributed by atoms with Gasteiger partial charge in [0, 0.05) is 31.9 Å². The van der Waals surface area contributed by atoms with Crippen LogP contribution in [0.25, 0.3) is 11.1 Å². The van der Waals surface area contributed by atoms with Gasteiger partial charge in [0.2, 0.25) is 15.9 Å². The standard InChI is InChI=1S/C26H25F3N4O3S/c27-26(28,29)21-5-8-24(30-16-21)32-22-9-11-33(12-10-22)37(35,36)23-6-3-17(4-7-23)18-1-2-19-14-25(34)31-15-20(19)13-18/h1-8,13,16,22H,9-12,14-15H2,(H,30,32)(H,31,34). The SMILES string of the molecule is O=C1Cc2ccc(-c3ccc(S(=O)(=O)N4CCC(Nc5ccc(C(F)(F)F)cn5)CC4)cc3)cc2CN1. The van der Waals surface area contributed by atoms with Gasteiger partial charge in [0.05, 0.1) is 16.9 Å². The Labute approximate surface area is 212 Å². The first kappa shape index (κ1) is 25.2. The van der Waals surface area contributed by atoms with Gasteiger partial charge in [-0.05, 0) is 65.4 Å². The number of alkyl halides is 3. The van der Waals surface area contributed by atoms with E-state index >= 15 is 0 Å². The lowest BCUT2D eigenvalue weighted by atomic mass is 9.95. The van der Waals surface area contributed by atoms with Crippen molar-refractivity contribution in [3.8, 4) is 11.1 Å². The van der Waals surface area contributed by atoms with Crippen LogP contribution in [0.5, 0.6) is 0 Å². The van der Waals surface area contributed by atoms with E-state index in [9.17, 15) is 26.4 Å². The first-order chi connectivity index (χ1) is 17.6. The van der Waals surface area contributed by atoms with Crippen LogP contribution in [-0.4, -0.2) is 42.7 Å². The molecule has 3 heterocycles. The van der Waals surface area contributed by atoms with E-state index in [1.165, 1.54) is 10.4 Å². The summed E-state index contributed by atoms with van der Waals surface area (Å²) in [6.45, 7) is 1.06. The van der Waals surface area contributed by atoms with Crippen LogP contribution in [0.4, 0.5) is 19.0 Å². The minimum Gasteiger partial charge on any atom is -0.367 e. The molecule has 0 unspecified atom stereocenters. The maximum Gasteiger partial charge on any atom is 0.417 e. The Morgan fingerprint density at radius 1 is 0.946 bits per heavy atom. The smallest absolute Gasteiger partial charge is 0.367 e. The summed E-state index contributed by atoms with van der Waals surface area (Å²) in [7, 11) is -3.68. The third kappa shape index (κ3) is 5.47. The molecule has 0 atom stereocenters. The Bertz CT molecular complexity index is 1400. The number of halogens is 3. The minimum absolute atomic E-state index is 0.00544. The van der Waals surface area contributed by atoms with E-state index in [0.717, 1.165) is 34.5 Å². The highest BCUT2D eigenvalue weighted by Gasteiger charge is 2.32. The van der Waals surface area contributed by atoms with Crippen LogP contribution in [0, 0.1) is 0 Å². The molecular weight excluding hydrogens is 505 g/mol. The number of benzene rings is 2. The molecule has 1 aromatic heterocycles. The molecule has 194 valence electrons. The number of fused-ring (bicyclic) bond motifs is 1. The number of piperidine rings is 1. The van der Waals surface area contributed by atoms with Crippen molar-refractivity contribution in [3.63, 3.8) is 0 Å². The molecule has 2 aliphatic heterocycles. The molecule has 37 heavy (non-hydrogen) atoms. The molecule has 0 radical (unpaired) electrons. The van der Waals surface area contributed by atoms with Crippen molar-refractivity contribution in [2.45, 2.75) is 42.9 Å². The van der Waals surface area contributed by atoms with E-state index < -0.39 is 21.8 Å². The van der Waals surface area contributed by atoms with Crippen LogP contribution in [0.15, 0.2) is 65.7 Å². The Balaban J connectivity index is 1.21. The van der Waals surface area contributed by atoms with Crippen molar-refractivity contribution in [1.82, 2.24) is 14.6 Å². The molecule has 0 bridgehead atoms. The summed E-state index contributed by atoms with van der Waals surface area (Å²) in [4.78, 5) is 15.6. The summed E-state index contributed by atoms with van der Waals surface area (Å²) in [6, 6.07) is 14.8. The molecule has 0 saturated carbocycles. The van der Waals surface area contributed by atoms with Gasteiger partial charge in [-0.15, -0.1) is 0 Å². The highest BCUT2D eigenvalue weighted by Crippen LogP contribution is 2.30. The fourth-order valence-electron chi connectivity index (χ4n) is 4.64. The number of sulfonamides is 1. The summed E-state index contributed by atoms with van der Waals surface area (Å²) in [5.74, 6) is 0.334. The number of anilines is 1. The molecule has 2 N–H and O–H groups in total. The van der Waals surface area contributed by atoms with Gasteiger partial charge >= 0.3 is 6.18 Å². The lowest BCUT2D eigenvalue weighted by molar-refractivity contribution is -0.137. The summed E-state index contributed by atoms with van der Waals surface area (Å²) in [5.41, 5.74) is 3.06. The van der Waals surface area contributed by atoms with E-state index in [4.69, 9.17) is 0 Å². The Kier molecular flexibility index (Phi) is 6.67. The summed E-state index contributed by atoms with van der Waals surface area (Å²) in [6.07, 6.45) is -2.28. The van der Waals surface area contributed by atoms with Gasteiger partial charge in [-0.1, -0.05) is 24.3 Å². The molecular formula is C26H25F3N4O3S. The fraction of sp³-hybridized carbons (Fsp3) is 0.308. The largest absolute Gasteiger partial charge is 0.417 e. The minimum atomic E-state index is -4.44. The maximum atomic E-state index is 13.2. The van der Waals surface area contributed by atoms with Crippen molar-refractivity contribution < 1.29 is 26.4 Å². The highest BCUT2D eigenvalue weighted by atomic mass is 32.2. The Morgan fingerprint density at radius 3 is 2.30 bits per heavy atom. The molecule has 1 amide bonds. The zero-order valence-corrected chi connectivity index (χ0v) is 20.6. The number of hydrogen-bond donors (Lipinski definition) is 2. The normalized spacial score (nSPS) is 17.2. The number of carbonyl (C=O) groups is 1. The maximum absolute atomic E-state index is 13.2. The van der Waals surface area contributed by atoms with Gasteiger partial charge in [0.15, 0.2) is 0 Å². The number of nitrogens with zero attached hydrogens (tertiary/aromatic N) is 2. The van der Waals surface area contributed by atoms with Gasteiger partial charge < -0.3 is 10.6 Å². The van der Waals surface area contributed by atoms with E-state index in [1.807, 2.05) is 18.2 Å². The van der Waals surface area contributed by atoms with Crippen molar-refractivity contribution in [1.29, 1.82) is 0 Å². The average molecular weight is 531 g/mol. The summed E-state index contributed by atoms with van der Waals surface area (Å²) >= 11 is 0. The second kappa shape index (κ2) is 9.79. The zero-order valence-electron chi connectivity index (χ0n) is 19.8. The van der Waals surface area contributed by atoms with E-state index in [1.54, 1.807) is 24.3 Å². The average Bonchev–Trinajstić information content (AvgIpc) is 2.88. The quantitative estimate of drug-likeness (QED) is 0.516. The van der Waals surface area contributed by atoms with Crippen molar-refractivity contribution in [2.24, 2.45) is 0 Å². The summed E-state index contributed by atoms with van der Waals surface area (Å²) in [5, 5.41) is 5.93. The number of hydrogen-bond acceptors (Lipinski definition) is 5. The molecule has 1 fully saturated rings. The van der Waals surface area contributed by atoms with Crippen molar-refractivity contribution >= 4 is 21.7 Å². The van der Waals surface area contributed by atoms with Crippen LogP contribution >= 0.6 is 0 Å². The third-order valence-electron chi connectivity index (χ3n) is 6.76. The van der Waals surface area contributed by atoms with Crippen molar-refractivity contribution in [2.75, 3.05) is 18.4 Å². The Hall–Kier alpha value is -3.44. The van der Waals surface area contributed by atoms with Gasteiger partial charge in [-0.25, -0.2) is 13.4 Å². The van der Waals surface area contributed by atoms with Gasteiger partial charge in [-0.2, -0.15) is 17.5 Å². The van der Waals surface area contributed by atoms with E-state index in [0.29, 0.717) is 44.7 Å². The second-order valence-corrected chi connectivity index (χ2v) is 11.2. The predicted molar refractivity (Wildman–Crippen MR) is 132 cm³/mol. The third-order valence-corrected chi connectivity index (χ3v) is 8.67. The number of rotatable bonds is 5. The molecule has 0 aliphatic carbocycles. The Morgan fingerprint density at radius 2 is 1.65 bits per heavy atom. The monoisotopic (exact) mass is 530 g/mol. The molecule has 2 aromatic carbocycles. The lowest BCUT2D eigenvalue weighted by Crippen LogP contribution is -2.42. The lowest BCUT2D eigenvalue weighted by Gasteiger charge is -2.32. The molecule has 11 heteroatoms. The van der Waals surface area contributed by atoms with E-state index in [-0.39, 0.29) is 16.8 Å². The first-order valence-corrected chi connectivity index (χ1v) is 13.3. The van der Waals surface area contributed by atoms with Crippen LogP contribution in [-0.2, 0) is 34.0 Å². The number of pyridine rings is 1. The van der Waals surface area contributed by atoms with Crippen molar-refractivity contribution in [3.05, 3.63) is 77.5 Å². The van der Waals surface area contributed by atoms with Crippen LogP contribution in [0.2, 0.25) is 0 Å². The fourth-order valence-corrected chi connectivity index (χ4v) is 6.11. The first-order valence-electron chi connectivity index (χ1n) is 11.9. The summed E-state index contributed by atoms with van der Waals surface area (Å²) < 4.78 is 66.0. The number of aromatic nitrogens is 1. The molecule has 0 spiro atoms. The van der Waals surface area contributed by atoms with Gasteiger partial charge in [-0.3, -0.25) is 4.79 Å². The number of amides is 1. The number of nitrogens with one attached hydrogen (secondary N) is 2. The van der Waals surface area contributed by atoms with E-state index in [2.05, 4.69) is 15.6 Å². The predicted octanol–water partition coefficient (Wildman–Crippen LogP) is 4.20. The molecule has 2 aliphatic rings. The highest BCUT2D eigenvalue weighted by molar-refractivity contribution is 7.89. The van der Waals surface area contributed by atoms with Gasteiger partial charge in [0.25, 0.3) is 0 Å². The molecule has 5 rings (SSSR count). The molecule has 3 aromatic rings. The zero-order chi connectivity index (χ0) is 26.2. The van der Waals surface area contributed by atoms with Crippen LogP contribution in [0.3, 0.4) is 0 Å². The van der Waals surface area contributed by atoms with Crippen LogP contribution in [0.1, 0.15) is 29.5 Å². The van der Waals surface area contributed by atoms with Crippen LogP contribution < -0.4 is 10.6 Å². The molecule has 1 saturated heterocycles. The topological polar surface area (TPSA) is 91.4 Å². The van der Waals surface area contributed by atoms with Gasteiger partial charge in [0.1, 0.15) is 5.82 Å². The molecule has 7 nitrogen and oxygen atoms in total. The number of carbonyl (C=O) groups excluding carboxylic acids is 1.